The second kappa shape index (κ2) is 7.78. The van der Waals surface area contributed by atoms with Gasteiger partial charge in [0.1, 0.15) is 6.67 Å². The Kier molecular flexibility index (Phi) is 5.04. The van der Waals surface area contributed by atoms with E-state index in [1.54, 1.807) is 40.9 Å². The van der Waals surface area contributed by atoms with Crippen molar-refractivity contribution in [1.82, 2.24) is 5.32 Å². The number of benzene rings is 3. The molecule has 1 heterocycles. The Bertz CT molecular complexity index is 1010. The van der Waals surface area contributed by atoms with Crippen LogP contribution in [0, 0.1) is 6.92 Å². The van der Waals surface area contributed by atoms with E-state index in [0.717, 1.165) is 25.9 Å². The van der Waals surface area contributed by atoms with Crippen LogP contribution in [-0.4, -0.2) is 18.7 Å². The van der Waals surface area contributed by atoms with Gasteiger partial charge in [-0.25, -0.2) is 14.5 Å². The maximum Gasteiger partial charge on any atom is 0.338 e. The van der Waals surface area contributed by atoms with Crippen LogP contribution in [0.15, 0.2) is 88.7 Å². The van der Waals surface area contributed by atoms with E-state index >= 15 is 0 Å². The molecule has 5 nitrogen and oxygen atoms in total. The minimum Gasteiger partial charge on any atom is -0.319 e. The van der Waals surface area contributed by atoms with Crippen molar-refractivity contribution in [2.75, 3.05) is 16.5 Å². The number of imide groups is 1. The SMILES string of the molecule is Cc1cc(N2CNC(=O)N(c3ccccc3)C2=O)ccc1Sc1ccccc1. The summed E-state index contributed by atoms with van der Waals surface area (Å²) in [6, 6.07) is 24.2. The van der Waals surface area contributed by atoms with Gasteiger partial charge in [-0.3, -0.25) is 4.90 Å². The molecule has 0 bridgehead atoms. The fourth-order valence-electron chi connectivity index (χ4n) is 3.04. The third kappa shape index (κ3) is 3.59. The number of carbonyl (C=O) groups excluding carboxylic acids is 2. The summed E-state index contributed by atoms with van der Waals surface area (Å²) in [5.74, 6) is 0. The molecule has 1 N–H and O–H groups in total. The first-order valence-corrected chi connectivity index (χ1v) is 9.73. The summed E-state index contributed by atoms with van der Waals surface area (Å²) in [6.07, 6.45) is 0. The molecule has 0 aromatic heterocycles. The van der Waals surface area contributed by atoms with E-state index in [1.165, 1.54) is 0 Å². The van der Waals surface area contributed by atoms with E-state index in [1.807, 2.05) is 49.4 Å². The standard InChI is InChI=1S/C22H19N3O2S/c1-16-14-18(12-13-20(16)28-19-10-6-3-7-11-19)24-15-23-21(26)25(22(24)27)17-8-4-2-5-9-17/h2-14H,15H2,1H3,(H,23,26). The van der Waals surface area contributed by atoms with Crippen LogP contribution in [0.4, 0.5) is 21.0 Å². The van der Waals surface area contributed by atoms with Crippen LogP contribution in [0.1, 0.15) is 5.56 Å². The zero-order valence-electron chi connectivity index (χ0n) is 15.3. The molecule has 3 aromatic rings. The molecule has 1 aliphatic rings. The van der Waals surface area contributed by atoms with E-state index in [9.17, 15) is 9.59 Å². The van der Waals surface area contributed by atoms with Gasteiger partial charge < -0.3 is 5.32 Å². The molecule has 0 radical (unpaired) electrons. The predicted molar refractivity (Wildman–Crippen MR) is 112 cm³/mol. The highest BCUT2D eigenvalue weighted by Gasteiger charge is 2.33. The molecule has 0 aliphatic carbocycles. The van der Waals surface area contributed by atoms with Crippen molar-refractivity contribution in [3.8, 4) is 0 Å². The zero-order chi connectivity index (χ0) is 19.5. The number of aryl methyl sites for hydroxylation is 1. The molecule has 1 fully saturated rings. The Morgan fingerprint density at radius 1 is 0.857 bits per heavy atom. The van der Waals surface area contributed by atoms with E-state index < -0.39 is 6.03 Å². The molecule has 0 unspecified atom stereocenters. The largest absolute Gasteiger partial charge is 0.338 e. The molecule has 4 rings (SSSR count). The lowest BCUT2D eigenvalue weighted by molar-refractivity contribution is 0.231. The number of hydrogen-bond acceptors (Lipinski definition) is 3. The highest BCUT2D eigenvalue weighted by molar-refractivity contribution is 7.99. The summed E-state index contributed by atoms with van der Waals surface area (Å²) in [5, 5.41) is 2.77. The minimum absolute atomic E-state index is 0.144. The second-order valence-corrected chi connectivity index (χ2v) is 7.50. The molecule has 3 aromatic carbocycles. The normalized spacial score (nSPS) is 14.2. The van der Waals surface area contributed by atoms with Crippen LogP contribution in [0.5, 0.6) is 0 Å². The third-order valence-corrected chi connectivity index (χ3v) is 5.66. The maximum atomic E-state index is 13.0. The smallest absolute Gasteiger partial charge is 0.319 e. The van der Waals surface area contributed by atoms with Gasteiger partial charge in [-0.1, -0.05) is 48.2 Å². The minimum atomic E-state index is -0.416. The molecular weight excluding hydrogens is 370 g/mol. The lowest BCUT2D eigenvalue weighted by Gasteiger charge is -2.34. The number of urea groups is 2. The van der Waals surface area contributed by atoms with Crippen LogP contribution in [0.25, 0.3) is 0 Å². The van der Waals surface area contributed by atoms with Crippen molar-refractivity contribution >= 4 is 35.2 Å². The number of rotatable bonds is 4. The lowest BCUT2D eigenvalue weighted by atomic mass is 10.2. The van der Waals surface area contributed by atoms with Crippen LogP contribution in [0.3, 0.4) is 0 Å². The predicted octanol–water partition coefficient (Wildman–Crippen LogP) is 5.26. The molecule has 6 heteroatoms. The van der Waals surface area contributed by atoms with E-state index in [4.69, 9.17) is 0 Å². The molecule has 1 aliphatic heterocycles. The van der Waals surface area contributed by atoms with Gasteiger partial charge in [-0.05, 0) is 55.0 Å². The average molecular weight is 389 g/mol. The summed E-state index contributed by atoms with van der Waals surface area (Å²) in [4.78, 5) is 30.3. The fraction of sp³-hybridized carbons (Fsp3) is 0.0909. The highest BCUT2D eigenvalue weighted by atomic mass is 32.2. The Balaban J connectivity index is 1.59. The molecule has 28 heavy (non-hydrogen) atoms. The van der Waals surface area contributed by atoms with Crippen molar-refractivity contribution in [3.05, 3.63) is 84.4 Å². The van der Waals surface area contributed by atoms with Gasteiger partial charge >= 0.3 is 12.1 Å². The number of carbonyl (C=O) groups is 2. The molecule has 1 saturated heterocycles. The van der Waals surface area contributed by atoms with Crippen LogP contribution in [-0.2, 0) is 0 Å². The average Bonchev–Trinajstić information content (AvgIpc) is 2.71. The van der Waals surface area contributed by atoms with Crippen molar-refractivity contribution in [2.24, 2.45) is 0 Å². The van der Waals surface area contributed by atoms with Gasteiger partial charge in [0.15, 0.2) is 0 Å². The molecule has 0 saturated carbocycles. The summed E-state index contributed by atoms with van der Waals surface area (Å²) < 4.78 is 0. The van der Waals surface area contributed by atoms with E-state index in [-0.39, 0.29) is 12.7 Å². The van der Waals surface area contributed by atoms with Crippen molar-refractivity contribution in [3.63, 3.8) is 0 Å². The zero-order valence-corrected chi connectivity index (χ0v) is 16.1. The molecule has 140 valence electrons. The second-order valence-electron chi connectivity index (χ2n) is 6.39. The first-order chi connectivity index (χ1) is 13.6. The third-order valence-electron chi connectivity index (χ3n) is 4.47. The van der Waals surface area contributed by atoms with Crippen LogP contribution < -0.4 is 15.1 Å². The first kappa shape index (κ1) is 18.1. The van der Waals surface area contributed by atoms with Crippen molar-refractivity contribution in [2.45, 2.75) is 16.7 Å². The van der Waals surface area contributed by atoms with Crippen molar-refractivity contribution < 1.29 is 9.59 Å². The number of hydrogen-bond donors (Lipinski definition) is 1. The molecule has 0 spiro atoms. The van der Waals surface area contributed by atoms with Gasteiger partial charge in [0, 0.05) is 15.5 Å². The Labute approximate surface area is 168 Å². The Hall–Kier alpha value is -3.25. The number of anilines is 2. The highest BCUT2D eigenvalue weighted by Crippen LogP contribution is 2.33. The number of para-hydroxylation sites is 1. The molecular formula is C22H19N3O2S. The van der Waals surface area contributed by atoms with Gasteiger partial charge in [0.25, 0.3) is 0 Å². The summed E-state index contributed by atoms with van der Waals surface area (Å²) in [7, 11) is 0. The van der Waals surface area contributed by atoms with Gasteiger partial charge in [-0.2, -0.15) is 0 Å². The Morgan fingerprint density at radius 2 is 1.54 bits per heavy atom. The maximum absolute atomic E-state index is 13.0. The number of nitrogens with one attached hydrogen (secondary N) is 1. The van der Waals surface area contributed by atoms with Gasteiger partial charge in [0.2, 0.25) is 0 Å². The first-order valence-electron chi connectivity index (χ1n) is 8.91. The van der Waals surface area contributed by atoms with E-state index in [0.29, 0.717) is 5.69 Å². The summed E-state index contributed by atoms with van der Waals surface area (Å²) >= 11 is 1.68. The van der Waals surface area contributed by atoms with Crippen LogP contribution >= 0.6 is 11.8 Å². The quantitative estimate of drug-likeness (QED) is 0.662. The number of amides is 4. The van der Waals surface area contributed by atoms with Crippen molar-refractivity contribution in [1.29, 1.82) is 0 Å². The molecule has 4 amide bonds. The summed E-state index contributed by atoms with van der Waals surface area (Å²) in [5.41, 5.74) is 2.37. The van der Waals surface area contributed by atoms with Gasteiger partial charge in [-0.15, -0.1) is 0 Å². The fourth-order valence-corrected chi connectivity index (χ4v) is 3.94. The lowest BCUT2D eigenvalue weighted by Crippen LogP contribution is -2.60. The van der Waals surface area contributed by atoms with E-state index in [2.05, 4.69) is 17.4 Å². The number of nitrogens with zero attached hydrogens (tertiary/aromatic N) is 2. The Morgan fingerprint density at radius 3 is 2.21 bits per heavy atom. The van der Waals surface area contributed by atoms with Crippen LogP contribution in [0.2, 0.25) is 0 Å². The van der Waals surface area contributed by atoms with Gasteiger partial charge in [0.05, 0.1) is 5.69 Å². The summed E-state index contributed by atoms with van der Waals surface area (Å²) in [6.45, 7) is 2.17. The topological polar surface area (TPSA) is 52.7 Å². The molecule has 0 atom stereocenters. The monoisotopic (exact) mass is 389 g/mol.